The van der Waals surface area contributed by atoms with Crippen molar-refractivity contribution in [3.63, 3.8) is 0 Å². The Morgan fingerprint density at radius 3 is 3.06 bits per heavy atom. The van der Waals surface area contributed by atoms with Crippen molar-refractivity contribution in [3.8, 4) is 12.3 Å². The molecule has 1 rings (SSSR count). The highest BCUT2D eigenvalue weighted by atomic mass is 15.3. The Balaban J connectivity index is 2.12. The topological polar surface area (TPSA) is 54.2 Å². The Kier molecular flexibility index (Phi) is 5.56. The van der Waals surface area contributed by atoms with Crippen LogP contribution in [0, 0.1) is 12.3 Å². The van der Waals surface area contributed by atoms with E-state index < -0.39 is 0 Å². The number of aryl methyl sites for hydroxylation is 1. The summed E-state index contributed by atoms with van der Waals surface area (Å²) in [5.74, 6) is 3.23. The molecule has 86 valence electrons. The molecule has 5 heteroatoms. The lowest BCUT2D eigenvalue weighted by atomic mass is 10.4. The third-order valence-corrected chi connectivity index (χ3v) is 2.00. The first-order valence-corrected chi connectivity index (χ1v) is 5.22. The van der Waals surface area contributed by atoms with E-state index in [4.69, 9.17) is 6.42 Å². The van der Waals surface area contributed by atoms with Gasteiger partial charge in [0.2, 0.25) is 0 Å². The molecule has 1 aromatic heterocycles. The molecule has 1 heterocycles. The molecule has 0 spiro atoms. The van der Waals surface area contributed by atoms with Crippen molar-refractivity contribution in [1.29, 1.82) is 0 Å². The first-order valence-electron chi connectivity index (χ1n) is 5.22. The first-order chi connectivity index (χ1) is 7.86. The van der Waals surface area contributed by atoms with E-state index in [2.05, 4.69) is 26.6 Å². The second-order valence-corrected chi connectivity index (χ2v) is 3.18. The van der Waals surface area contributed by atoms with Gasteiger partial charge < -0.3 is 10.6 Å². The summed E-state index contributed by atoms with van der Waals surface area (Å²) in [6.07, 6.45) is 9.86. The quantitative estimate of drug-likeness (QED) is 0.319. The summed E-state index contributed by atoms with van der Waals surface area (Å²) in [6, 6.07) is 1.92. The van der Waals surface area contributed by atoms with Gasteiger partial charge in [-0.25, -0.2) is 0 Å². The molecular weight excluding hydrogens is 202 g/mol. The Morgan fingerprint density at radius 1 is 1.56 bits per heavy atom. The second kappa shape index (κ2) is 7.35. The summed E-state index contributed by atoms with van der Waals surface area (Å²) in [5.41, 5.74) is 0. The van der Waals surface area contributed by atoms with E-state index in [1.807, 2.05) is 16.9 Å². The lowest BCUT2D eigenvalue weighted by molar-refractivity contribution is 0.571. The zero-order valence-electron chi connectivity index (χ0n) is 9.48. The molecule has 0 saturated heterocycles. The minimum Gasteiger partial charge on any atom is -0.356 e. The van der Waals surface area contributed by atoms with E-state index in [-0.39, 0.29) is 0 Å². The number of guanidine groups is 1. The van der Waals surface area contributed by atoms with Crippen LogP contribution in [0.2, 0.25) is 0 Å². The molecule has 0 amide bonds. The van der Waals surface area contributed by atoms with Gasteiger partial charge in [-0.1, -0.05) is 5.92 Å². The minimum absolute atomic E-state index is 0.485. The molecule has 0 unspecified atom stereocenters. The molecule has 0 aliphatic carbocycles. The van der Waals surface area contributed by atoms with Crippen LogP contribution in [0.3, 0.4) is 0 Å². The van der Waals surface area contributed by atoms with Gasteiger partial charge in [0.25, 0.3) is 0 Å². The van der Waals surface area contributed by atoms with Gasteiger partial charge in [0.15, 0.2) is 5.96 Å². The number of hydrogen-bond acceptors (Lipinski definition) is 2. The molecule has 5 nitrogen and oxygen atoms in total. The third-order valence-electron chi connectivity index (χ3n) is 2.00. The SMILES string of the molecule is C#CCNC(=NC)NCCCn1cccn1. The standard InChI is InChI=1S/C11H17N5/c1-3-6-13-11(12-2)14-7-4-9-16-10-5-8-15-16/h1,5,8,10H,4,6-7,9H2,2H3,(H2,12,13,14). The van der Waals surface area contributed by atoms with Crippen LogP contribution < -0.4 is 10.6 Å². The fourth-order valence-corrected chi connectivity index (χ4v) is 1.24. The summed E-state index contributed by atoms with van der Waals surface area (Å²) in [6.45, 7) is 2.22. The van der Waals surface area contributed by atoms with Crippen LogP contribution in [0.1, 0.15) is 6.42 Å². The van der Waals surface area contributed by atoms with Gasteiger partial charge in [-0.2, -0.15) is 5.10 Å². The summed E-state index contributed by atoms with van der Waals surface area (Å²) in [4.78, 5) is 4.04. The van der Waals surface area contributed by atoms with Crippen LogP contribution in [0.5, 0.6) is 0 Å². The Morgan fingerprint density at radius 2 is 2.44 bits per heavy atom. The summed E-state index contributed by atoms with van der Waals surface area (Å²) < 4.78 is 1.90. The molecule has 0 atom stereocenters. The van der Waals surface area contributed by atoms with E-state index >= 15 is 0 Å². The lowest BCUT2D eigenvalue weighted by Gasteiger charge is -2.09. The van der Waals surface area contributed by atoms with E-state index in [1.165, 1.54) is 0 Å². The van der Waals surface area contributed by atoms with E-state index in [1.54, 1.807) is 13.2 Å². The molecule has 0 aliphatic rings. The first kappa shape index (κ1) is 12.1. The van der Waals surface area contributed by atoms with Crippen LogP contribution in [-0.2, 0) is 6.54 Å². The van der Waals surface area contributed by atoms with E-state index in [0.29, 0.717) is 6.54 Å². The maximum absolute atomic E-state index is 5.14. The smallest absolute Gasteiger partial charge is 0.191 e. The number of terminal acetylenes is 1. The summed E-state index contributed by atoms with van der Waals surface area (Å²) >= 11 is 0. The van der Waals surface area contributed by atoms with Gasteiger partial charge in [-0.3, -0.25) is 9.67 Å². The Labute approximate surface area is 96.0 Å². The molecule has 0 aliphatic heterocycles. The summed E-state index contributed by atoms with van der Waals surface area (Å²) in [7, 11) is 1.72. The van der Waals surface area contributed by atoms with Crippen molar-refractivity contribution in [1.82, 2.24) is 20.4 Å². The zero-order chi connectivity index (χ0) is 11.6. The molecule has 0 radical (unpaired) electrons. The van der Waals surface area contributed by atoms with Crippen LogP contribution in [0.4, 0.5) is 0 Å². The molecule has 0 saturated carbocycles. The maximum atomic E-state index is 5.14. The largest absolute Gasteiger partial charge is 0.356 e. The van der Waals surface area contributed by atoms with Crippen LogP contribution in [0.15, 0.2) is 23.5 Å². The Hall–Kier alpha value is -1.96. The normalized spacial score (nSPS) is 10.9. The maximum Gasteiger partial charge on any atom is 0.191 e. The third kappa shape index (κ3) is 4.51. The van der Waals surface area contributed by atoms with E-state index in [0.717, 1.165) is 25.5 Å². The van der Waals surface area contributed by atoms with Gasteiger partial charge in [0.05, 0.1) is 6.54 Å². The number of hydrogen-bond donors (Lipinski definition) is 2. The van der Waals surface area contributed by atoms with Crippen molar-refractivity contribution in [2.45, 2.75) is 13.0 Å². The molecule has 1 aromatic rings. The highest BCUT2D eigenvalue weighted by Crippen LogP contribution is 1.87. The number of nitrogens with zero attached hydrogens (tertiary/aromatic N) is 3. The van der Waals surface area contributed by atoms with Gasteiger partial charge >= 0.3 is 0 Å². The van der Waals surface area contributed by atoms with Crippen LogP contribution in [0.25, 0.3) is 0 Å². The highest BCUT2D eigenvalue weighted by molar-refractivity contribution is 5.79. The second-order valence-electron chi connectivity index (χ2n) is 3.18. The summed E-state index contributed by atoms with van der Waals surface area (Å²) in [5, 5.41) is 10.3. The lowest BCUT2D eigenvalue weighted by Crippen LogP contribution is -2.38. The van der Waals surface area contributed by atoms with Crippen LogP contribution >= 0.6 is 0 Å². The fraction of sp³-hybridized carbons (Fsp3) is 0.455. The van der Waals surface area contributed by atoms with Gasteiger partial charge in [0, 0.05) is 32.5 Å². The number of aliphatic imine (C=N–C) groups is 1. The van der Waals surface area contributed by atoms with Crippen molar-refractivity contribution in [2.75, 3.05) is 20.1 Å². The minimum atomic E-state index is 0.485. The average molecular weight is 219 g/mol. The van der Waals surface area contributed by atoms with Gasteiger partial charge in [-0.05, 0) is 12.5 Å². The Bertz CT molecular complexity index is 347. The molecular formula is C11H17N5. The monoisotopic (exact) mass is 219 g/mol. The predicted octanol–water partition coefficient (Wildman–Crippen LogP) is 0.0714. The molecule has 0 fully saturated rings. The highest BCUT2D eigenvalue weighted by Gasteiger charge is 1.95. The zero-order valence-corrected chi connectivity index (χ0v) is 9.48. The van der Waals surface area contributed by atoms with Crippen molar-refractivity contribution in [2.24, 2.45) is 4.99 Å². The molecule has 0 aromatic carbocycles. The number of rotatable bonds is 5. The average Bonchev–Trinajstić information content (AvgIpc) is 2.81. The van der Waals surface area contributed by atoms with E-state index in [9.17, 15) is 0 Å². The van der Waals surface area contributed by atoms with Gasteiger partial charge in [0.1, 0.15) is 0 Å². The van der Waals surface area contributed by atoms with Crippen LogP contribution in [-0.4, -0.2) is 35.9 Å². The number of nitrogens with one attached hydrogen (secondary N) is 2. The predicted molar refractivity (Wildman–Crippen MR) is 65.0 cm³/mol. The fourth-order valence-electron chi connectivity index (χ4n) is 1.24. The van der Waals surface area contributed by atoms with Crippen molar-refractivity contribution >= 4 is 5.96 Å². The van der Waals surface area contributed by atoms with Gasteiger partial charge in [-0.15, -0.1) is 6.42 Å². The number of aromatic nitrogens is 2. The molecule has 16 heavy (non-hydrogen) atoms. The van der Waals surface area contributed by atoms with Crippen molar-refractivity contribution in [3.05, 3.63) is 18.5 Å². The molecule has 2 N–H and O–H groups in total. The molecule has 0 bridgehead atoms. The van der Waals surface area contributed by atoms with Crippen molar-refractivity contribution < 1.29 is 0 Å².